The minimum atomic E-state index is -0.761. The van der Waals surface area contributed by atoms with Crippen molar-refractivity contribution in [3.05, 3.63) is 0 Å². The van der Waals surface area contributed by atoms with E-state index < -0.39 is 5.97 Å². The lowest BCUT2D eigenvalue weighted by Crippen LogP contribution is -2.44. The highest BCUT2D eigenvalue weighted by Crippen LogP contribution is 2.24. The molecular formula is C13H24N2O3. The Hall–Kier alpha value is -1.10. The molecule has 0 saturated carbocycles. The number of carboxylic acids is 1. The Morgan fingerprint density at radius 2 is 2.11 bits per heavy atom. The van der Waals surface area contributed by atoms with E-state index in [-0.39, 0.29) is 23.8 Å². The van der Waals surface area contributed by atoms with Crippen LogP contribution in [0, 0.1) is 11.8 Å². The van der Waals surface area contributed by atoms with Crippen LogP contribution in [-0.4, -0.2) is 47.6 Å². The van der Waals surface area contributed by atoms with E-state index in [9.17, 15) is 9.59 Å². The van der Waals surface area contributed by atoms with E-state index in [1.807, 2.05) is 18.7 Å². The average Bonchev–Trinajstić information content (AvgIpc) is 2.70. The van der Waals surface area contributed by atoms with Gasteiger partial charge in [0.05, 0.1) is 12.0 Å². The van der Waals surface area contributed by atoms with Gasteiger partial charge in [-0.05, 0) is 19.3 Å². The molecular weight excluding hydrogens is 232 g/mol. The van der Waals surface area contributed by atoms with Gasteiger partial charge in [-0.1, -0.05) is 20.3 Å². The zero-order valence-corrected chi connectivity index (χ0v) is 11.5. The molecule has 0 aromatic rings. The van der Waals surface area contributed by atoms with Crippen molar-refractivity contribution >= 4 is 11.9 Å². The van der Waals surface area contributed by atoms with E-state index in [1.165, 1.54) is 0 Å². The summed E-state index contributed by atoms with van der Waals surface area (Å²) in [6.45, 7) is 7.71. The smallest absolute Gasteiger partial charge is 0.308 e. The molecule has 2 N–H and O–H groups in total. The van der Waals surface area contributed by atoms with Crippen LogP contribution in [0.5, 0.6) is 0 Å². The average molecular weight is 256 g/mol. The number of aliphatic carboxylic acids is 1. The van der Waals surface area contributed by atoms with Gasteiger partial charge >= 0.3 is 5.97 Å². The van der Waals surface area contributed by atoms with Gasteiger partial charge in [-0.15, -0.1) is 0 Å². The molecule has 1 saturated heterocycles. The maximum absolute atomic E-state index is 11.9. The first-order valence-corrected chi connectivity index (χ1v) is 6.72. The number of nitrogens with zero attached hydrogens (tertiary/aromatic N) is 1. The molecule has 18 heavy (non-hydrogen) atoms. The second-order valence-electron chi connectivity index (χ2n) is 5.20. The zero-order valence-electron chi connectivity index (χ0n) is 11.5. The number of hydrogen-bond donors (Lipinski definition) is 2. The first kappa shape index (κ1) is 15.0. The summed E-state index contributed by atoms with van der Waals surface area (Å²) in [7, 11) is 0. The molecule has 0 aliphatic carbocycles. The fraction of sp³-hybridized carbons (Fsp3) is 0.846. The number of amides is 1. The highest BCUT2D eigenvalue weighted by Gasteiger charge is 2.38. The van der Waals surface area contributed by atoms with E-state index >= 15 is 0 Å². The third-order valence-corrected chi connectivity index (χ3v) is 3.71. The summed E-state index contributed by atoms with van der Waals surface area (Å²) in [6.07, 6.45) is 2.03. The van der Waals surface area contributed by atoms with Crippen LogP contribution >= 0.6 is 0 Å². The SMILES string of the molecule is CCCCNC(=O)C(C)N1C[C@@H](C)[C@H](C(=O)O)C1. The summed E-state index contributed by atoms with van der Waals surface area (Å²) in [5, 5.41) is 12.0. The van der Waals surface area contributed by atoms with Gasteiger partial charge < -0.3 is 10.4 Å². The number of likely N-dealkylation sites (tertiary alicyclic amines) is 1. The van der Waals surface area contributed by atoms with Crippen molar-refractivity contribution in [2.45, 2.75) is 39.7 Å². The van der Waals surface area contributed by atoms with Gasteiger partial charge in [0.25, 0.3) is 0 Å². The highest BCUT2D eigenvalue weighted by molar-refractivity contribution is 5.81. The van der Waals surface area contributed by atoms with Crippen LogP contribution in [0.1, 0.15) is 33.6 Å². The first-order valence-electron chi connectivity index (χ1n) is 6.72. The van der Waals surface area contributed by atoms with Gasteiger partial charge in [-0.25, -0.2) is 0 Å². The normalized spacial score (nSPS) is 25.9. The molecule has 1 rings (SSSR count). The lowest BCUT2D eigenvalue weighted by atomic mass is 9.99. The molecule has 1 aliphatic rings. The molecule has 0 bridgehead atoms. The Kier molecular flexibility index (Phi) is 5.59. The molecule has 0 spiro atoms. The largest absolute Gasteiger partial charge is 0.481 e. The van der Waals surface area contributed by atoms with Gasteiger partial charge in [0, 0.05) is 19.6 Å². The topological polar surface area (TPSA) is 69.6 Å². The Morgan fingerprint density at radius 3 is 2.61 bits per heavy atom. The summed E-state index contributed by atoms with van der Waals surface area (Å²) in [6, 6.07) is -0.242. The molecule has 0 aromatic carbocycles. The van der Waals surface area contributed by atoms with Crippen LogP contribution in [0.4, 0.5) is 0 Å². The number of carbonyl (C=O) groups is 2. The van der Waals surface area contributed by atoms with Crippen molar-refractivity contribution in [1.82, 2.24) is 10.2 Å². The maximum atomic E-state index is 11.9. The number of hydrogen-bond acceptors (Lipinski definition) is 3. The Balaban J connectivity index is 2.45. The number of carboxylic acid groups (broad SMARTS) is 1. The molecule has 0 radical (unpaired) electrons. The fourth-order valence-electron chi connectivity index (χ4n) is 2.34. The van der Waals surface area contributed by atoms with Crippen LogP contribution in [-0.2, 0) is 9.59 Å². The standard InChI is InChI=1S/C13H24N2O3/c1-4-5-6-14-12(16)10(3)15-7-9(2)11(8-15)13(17)18/h9-11H,4-8H2,1-3H3,(H,14,16)(H,17,18)/t9-,10?,11-/m1/s1. The van der Waals surface area contributed by atoms with E-state index in [4.69, 9.17) is 5.11 Å². The van der Waals surface area contributed by atoms with Gasteiger partial charge in [0.15, 0.2) is 0 Å². The molecule has 3 atom stereocenters. The Bertz CT molecular complexity index is 307. The van der Waals surface area contributed by atoms with E-state index in [0.29, 0.717) is 19.6 Å². The molecule has 5 nitrogen and oxygen atoms in total. The lowest BCUT2D eigenvalue weighted by Gasteiger charge is -2.23. The van der Waals surface area contributed by atoms with Crippen molar-refractivity contribution in [3.8, 4) is 0 Å². The van der Waals surface area contributed by atoms with Gasteiger partial charge in [0.1, 0.15) is 0 Å². The van der Waals surface area contributed by atoms with Gasteiger partial charge in [-0.2, -0.15) is 0 Å². The maximum Gasteiger partial charge on any atom is 0.308 e. The lowest BCUT2D eigenvalue weighted by molar-refractivity contribution is -0.142. The quantitative estimate of drug-likeness (QED) is 0.694. The Labute approximate surface area is 109 Å². The second kappa shape index (κ2) is 6.73. The predicted octanol–water partition coefficient (Wildman–Crippen LogP) is 0.944. The number of nitrogens with one attached hydrogen (secondary N) is 1. The van der Waals surface area contributed by atoms with Crippen molar-refractivity contribution in [3.63, 3.8) is 0 Å². The van der Waals surface area contributed by atoms with E-state index in [0.717, 1.165) is 12.8 Å². The summed E-state index contributed by atoms with van der Waals surface area (Å²) < 4.78 is 0. The molecule has 1 unspecified atom stereocenters. The van der Waals surface area contributed by atoms with Crippen LogP contribution in [0.3, 0.4) is 0 Å². The third kappa shape index (κ3) is 3.70. The summed E-state index contributed by atoms with van der Waals surface area (Å²) in [4.78, 5) is 24.9. The van der Waals surface area contributed by atoms with Gasteiger partial charge in [-0.3, -0.25) is 14.5 Å². The van der Waals surface area contributed by atoms with Crippen LogP contribution < -0.4 is 5.32 Å². The second-order valence-corrected chi connectivity index (χ2v) is 5.20. The van der Waals surface area contributed by atoms with Crippen molar-refractivity contribution < 1.29 is 14.7 Å². The minimum Gasteiger partial charge on any atom is -0.481 e. The first-order chi connectivity index (χ1) is 8.47. The molecule has 1 aliphatic heterocycles. The van der Waals surface area contributed by atoms with Crippen molar-refractivity contribution in [2.75, 3.05) is 19.6 Å². The number of rotatable bonds is 6. The number of carbonyl (C=O) groups excluding carboxylic acids is 1. The molecule has 1 fully saturated rings. The predicted molar refractivity (Wildman–Crippen MR) is 69.2 cm³/mol. The summed E-state index contributed by atoms with van der Waals surface area (Å²) >= 11 is 0. The zero-order chi connectivity index (χ0) is 13.7. The highest BCUT2D eigenvalue weighted by atomic mass is 16.4. The molecule has 0 aromatic heterocycles. The fourth-order valence-corrected chi connectivity index (χ4v) is 2.34. The van der Waals surface area contributed by atoms with Crippen LogP contribution in [0.25, 0.3) is 0 Å². The molecule has 104 valence electrons. The third-order valence-electron chi connectivity index (χ3n) is 3.71. The Morgan fingerprint density at radius 1 is 1.44 bits per heavy atom. The van der Waals surface area contributed by atoms with Crippen molar-refractivity contribution in [2.24, 2.45) is 11.8 Å². The molecule has 1 heterocycles. The van der Waals surface area contributed by atoms with E-state index in [2.05, 4.69) is 12.2 Å². The minimum absolute atomic E-state index is 0.00156. The van der Waals surface area contributed by atoms with Crippen LogP contribution in [0.15, 0.2) is 0 Å². The molecule has 5 heteroatoms. The number of unbranched alkanes of at least 4 members (excludes halogenated alkanes) is 1. The van der Waals surface area contributed by atoms with Gasteiger partial charge in [0.2, 0.25) is 5.91 Å². The van der Waals surface area contributed by atoms with E-state index in [1.54, 1.807) is 0 Å². The van der Waals surface area contributed by atoms with Crippen LogP contribution in [0.2, 0.25) is 0 Å². The summed E-state index contributed by atoms with van der Waals surface area (Å²) in [5.74, 6) is -1.01. The monoisotopic (exact) mass is 256 g/mol. The summed E-state index contributed by atoms with van der Waals surface area (Å²) in [5.41, 5.74) is 0. The van der Waals surface area contributed by atoms with Crippen molar-refractivity contribution in [1.29, 1.82) is 0 Å². The molecule has 1 amide bonds.